The fraction of sp³-hybridized carbons (Fsp3) is 0.188. The van der Waals surface area contributed by atoms with Crippen molar-refractivity contribution in [3.8, 4) is 0 Å². The molecule has 0 spiro atoms. The van der Waals surface area contributed by atoms with Crippen LogP contribution < -0.4 is 11.1 Å². The monoisotopic (exact) mass is 286 g/mol. The number of hydrogen-bond acceptors (Lipinski definition) is 2. The van der Waals surface area contributed by atoms with Gasteiger partial charge in [-0.2, -0.15) is 0 Å². The molecule has 0 fully saturated rings. The third-order valence-corrected chi connectivity index (χ3v) is 3.95. The van der Waals surface area contributed by atoms with Crippen LogP contribution in [0.2, 0.25) is 5.02 Å². The molecule has 1 heterocycles. The normalized spacial score (nSPS) is 20.6. The Hall–Kier alpha value is -1.84. The van der Waals surface area contributed by atoms with Crippen LogP contribution in [0, 0.1) is 6.92 Å². The Morgan fingerprint density at radius 1 is 1.20 bits per heavy atom. The number of halogens is 1. The molecule has 3 N–H and O–H groups in total. The van der Waals surface area contributed by atoms with Gasteiger partial charge in [-0.05, 0) is 24.6 Å². The quantitative estimate of drug-likeness (QED) is 0.892. The molecular weight excluding hydrogens is 272 g/mol. The van der Waals surface area contributed by atoms with Crippen LogP contribution in [0.5, 0.6) is 0 Å². The van der Waals surface area contributed by atoms with E-state index in [1.807, 2.05) is 37.3 Å². The summed E-state index contributed by atoms with van der Waals surface area (Å²) >= 11 is 5.95. The highest BCUT2D eigenvalue weighted by Crippen LogP contribution is 2.37. The Morgan fingerprint density at radius 2 is 1.90 bits per heavy atom. The first-order chi connectivity index (χ1) is 9.49. The maximum atomic E-state index is 12.3. The highest BCUT2D eigenvalue weighted by atomic mass is 35.5. The van der Waals surface area contributed by atoms with Gasteiger partial charge in [-0.1, -0.05) is 47.5 Å². The molecule has 1 atom stereocenters. The van der Waals surface area contributed by atoms with E-state index in [0.29, 0.717) is 17.1 Å². The molecule has 2 aromatic rings. The lowest BCUT2D eigenvalue weighted by molar-refractivity contribution is -0.120. The van der Waals surface area contributed by atoms with Gasteiger partial charge in [-0.25, -0.2) is 0 Å². The highest BCUT2D eigenvalue weighted by Gasteiger charge is 2.43. The number of benzene rings is 2. The predicted molar refractivity (Wildman–Crippen MR) is 80.8 cm³/mol. The number of rotatable bonds is 2. The second-order valence-electron chi connectivity index (χ2n) is 5.28. The molecule has 3 nitrogen and oxygen atoms in total. The summed E-state index contributed by atoms with van der Waals surface area (Å²) in [4.78, 5) is 12.3. The summed E-state index contributed by atoms with van der Waals surface area (Å²) in [6.45, 7) is 2.03. The number of fused-ring (bicyclic) bond motifs is 1. The molecule has 0 unspecified atom stereocenters. The minimum atomic E-state index is -1.03. The van der Waals surface area contributed by atoms with Gasteiger partial charge >= 0.3 is 0 Å². The minimum absolute atomic E-state index is 0.185. The van der Waals surface area contributed by atoms with Gasteiger partial charge in [0.25, 0.3) is 0 Å². The summed E-state index contributed by atoms with van der Waals surface area (Å²) in [5, 5.41) is 3.40. The molecule has 0 bridgehead atoms. The number of hydrogen-bond donors (Lipinski definition) is 2. The van der Waals surface area contributed by atoms with Crippen molar-refractivity contribution in [1.29, 1.82) is 0 Å². The van der Waals surface area contributed by atoms with Crippen LogP contribution >= 0.6 is 11.6 Å². The smallest absolute Gasteiger partial charge is 0.249 e. The van der Waals surface area contributed by atoms with Crippen molar-refractivity contribution in [2.75, 3.05) is 5.32 Å². The van der Waals surface area contributed by atoms with E-state index in [9.17, 15) is 4.79 Å². The van der Waals surface area contributed by atoms with Crippen LogP contribution in [0.15, 0.2) is 42.5 Å². The van der Waals surface area contributed by atoms with Crippen molar-refractivity contribution in [3.05, 3.63) is 64.2 Å². The molecule has 1 amide bonds. The third-order valence-electron chi connectivity index (χ3n) is 3.72. The number of carbonyl (C=O) groups is 1. The van der Waals surface area contributed by atoms with E-state index in [1.165, 1.54) is 5.56 Å². The largest absolute Gasteiger partial charge is 0.324 e. The van der Waals surface area contributed by atoms with Gasteiger partial charge in [-0.3, -0.25) is 4.79 Å². The molecule has 1 aliphatic rings. The van der Waals surface area contributed by atoms with Crippen molar-refractivity contribution >= 4 is 23.2 Å². The third kappa shape index (κ3) is 2.09. The van der Waals surface area contributed by atoms with Crippen LogP contribution in [-0.2, 0) is 16.8 Å². The van der Waals surface area contributed by atoms with Crippen LogP contribution in [-0.4, -0.2) is 5.91 Å². The highest BCUT2D eigenvalue weighted by molar-refractivity contribution is 6.31. The van der Waals surface area contributed by atoms with E-state index in [1.54, 1.807) is 12.1 Å². The fourth-order valence-corrected chi connectivity index (χ4v) is 2.74. The van der Waals surface area contributed by atoms with Gasteiger partial charge in [0.2, 0.25) is 5.91 Å². The van der Waals surface area contributed by atoms with E-state index < -0.39 is 5.54 Å². The molecule has 3 rings (SSSR count). The maximum Gasteiger partial charge on any atom is 0.249 e. The molecule has 0 aliphatic carbocycles. The molecule has 1 aliphatic heterocycles. The van der Waals surface area contributed by atoms with E-state index >= 15 is 0 Å². The SMILES string of the molecule is Cc1ccc(C[C@@]2(N)C(=O)Nc3cc(Cl)ccc32)cc1. The number of nitrogens with one attached hydrogen (secondary N) is 1. The topological polar surface area (TPSA) is 55.1 Å². The lowest BCUT2D eigenvalue weighted by Crippen LogP contribution is -2.45. The van der Waals surface area contributed by atoms with Crippen LogP contribution in [0.3, 0.4) is 0 Å². The second-order valence-corrected chi connectivity index (χ2v) is 5.71. The Balaban J connectivity index is 2.00. The number of aryl methyl sites for hydroxylation is 1. The summed E-state index contributed by atoms with van der Waals surface area (Å²) in [6.07, 6.45) is 0.466. The summed E-state index contributed by atoms with van der Waals surface area (Å²) in [7, 11) is 0. The lowest BCUT2D eigenvalue weighted by atomic mass is 9.86. The number of nitrogens with two attached hydrogens (primary N) is 1. The standard InChI is InChI=1S/C16H15ClN2O/c1-10-2-4-11(5-3-10)9-16(18)13-7-6-12(17)8-14(13)19-15(16)20/h2-8H,9,18H2,1H3,(H,19,20)/t16-/m0/s1. The first kappa shape index (κ1) is 13.2. The zero-order chi connectivity index (χ0) is 14.3. The Bertz CT molecular complexity index is 681. The second kappa shape index (κ2) is 4.62. The number of amides is 1. The Kier molecular flexibility index (Phi) is 3.04. The first-order valence-corrected chi connectivity index (χ1v) is 6.83. The van der Waals surface area contributed by atoms with Crippen molar-refractivity contribution in [3.63, 3.8) is 0 Å². The molecular formula is C16H15ClN2O. The van der Waals surface area contributed by atoms with Crippen LogP contribution in [0.25, 0.3) is 0 Å². The average molecular weight is 287 g/mol. The fourth-order valence-electron chi connectivity index (χ4n) is 2.57. The minimum Gasteiger partial charge on any atom is -0.324 e. The van der Waals surface area contributed by atoms with Crippen LogP contribution in [0.4, 0.5) is 5.69 Å². The average Bonchev–Trinajstić information content (AvgIpc) is 2.64. The van der Waals surface area contributed by atoms with Crippen molar-refractivity contribution in [2.24, 2.45) is 5.73 Å². The summed E-state index contributed by atoms with van der Waals surface area (Å²) < 4.78 is 0. The Labute approximate surface area is 122 Å². The van der Waals surface area contributed by atoms with Crippen molar-refractivity contribution in [1.82, 2.24) is 0 Å². The molecule has 0 radical (unpaired) electrons. The maximum absolute atomic E-state index is 12.3. The van der Waals surface area contributed by atoms with Crippen LogP contribution in [0.1, 0.15) is 16.7 Å². The first-order valence-electron chi connectivity index (χ1n) is 6.45. The van der Waals surface area contributed by atoms with E-state index in [0.717, 1.165) is 11.1 Å². The number of anilines is 1. The zero-order valence-corrected chi connectivity index (χ0v) is 11.9. The molecule has 0 saturated heterocycles. The lowest BCUT2D eigenvalue weighted by Gasteiger charge is -2.22. The van der Waals surface area contributed by atoms with Gasteiger partial charge in [0.1, 0.15) is 5.54 Å². The van der Waals surface area contributed by atoms with Gasteiger partial charge < -0.3 is 11.1 Å². The van der Waals surface area contributed by atoms with E-state index in [4.69, 9.17) is 17.3 Å². The van der Waals surface area contributed by atoms with E-state index in [2.05, 4.69) is 5.32 Å². The Morgan fingerprint density at radius 3 is 2.60 bits per heavy atom. The molecule has 0 saturated carbocycles. The van der Waals surface area contributed by atoms with Gasteiger partial charge in [0.15, 0.2) is 0 Å². The molecule has 0 aromatic heterocycles. The van der Waals surface area contributed by atoms with Crippen molar-refractivity contribution < 1.29 is 4.79 Å². The molecule has 20 heavy (non-hydrogen) atoms. The zero-order valence-electron chi connectivity index (χ0n) is 11.1. The summed E-state index contributed by atoms with van der Waals surface area (Å²) in [5.74, 6) is -0.185. The van der Waals surface area contributed by atoms with Gasteiger partial charge in [0, 0.05) is 22.7 Å². The van der Waals surface area contributed by atoms with Crippen molar-refractivity contribution in [2.45, 2.75) is 18.9 Å². The predicted octanol–water partition coefficient (Wildman–Crippen LogP) is 3.00. The molecule has 4 heteroatoms. The van der Waals surface area contributed by atoms with E-state index in [-0.39, 0.29) is 5.91 Å². The van der Waals surface area contributed by atoms with Gasteiger partial charge in [-0.15, -0.1) is 0 Å². The number of carbonyl (C=O) groups excluding carboxylic acids is 1. The summed E-state index contributed by atoms with van der Waals surface area (Å²) in [5.41, 5.74) is 9.07. The molecule has 102 valence electrons. The molecule has 2 aromatic carbocycles. The van der Waals surface area contributed by atoms with Gasteiger partial charge in [0.05, 0.1) is 0 Å². The summed E-state index contributed by atoms with van der Waals surface area (Å²) in [6, 6.07) is 13.4.